The van der Waals surface area contributed by atoms with Gasteiger partial charge >= 0.3 is 0 Å². The number of benzene rings is 3. The first kappa shape index (κ1) is 23.9. The molecule has 8 heteroatoms. The summed E-state index contributed by atoms with van der Waals surface area (Å²) in [5.74, 6) is -0.808. The van der Waals surface area contributed by atoms with Crippen LogP contribution in [0.15, 0.2) is 78.9 Å². The molecule has 3 aromatic carbocycles. The molecule has 1 aliphatic heterocycles. The van der Waals surface area contributed by atoms with Crippen LogP contribution < -0.4 is 5.32 Å². The van der Waals surface area contributed by atoms with E-state index in [2.05, 4.69) is 5.32 Å². The van der Waals surface area contributed by atoms with E-state index in [0.29, 0.717) is 35.3 Å². The molecule has 0 bridgehead atoms. The second kappa shape index (κ2) is 10.8. The van der Waals surface area contributed by atoms with Gasteiger partial charge in [-0.05, 0) is 66.2 Å². The molecule has 1 atom stereocenters. The van der Waals surface area contributed by atoms with Crippen LogP contribution in [0.3, 0.4) is 0 Å². The van der Waals surface area contributed by atoms with Gasteiger partial charge in [-0.25, -0.2) is 4.39 Å². The Morgan fingerprint density at radius 2 is 1.65 bits per heavy atom. The van der Waals surface area contributed by atoms with Crippen molar-refractivity contribution in [1.82, 2.24) is 9.80 Å². The van der Waals surface area contributed by atoms with Gasteiger partial charge in [0, 0.05) is 17.3 Å². The fraction of sp³-hybridized carbons (Fsp3) is 0.192. The molecule has 174 valence electrons. The molecular weight excluding hydrogens is 473 g/mol. The molecule has 3 aromatic rings. The summed E-state index contributed by atoms with van der Waals surface area (Å²) < 4.78 is 13.3. The van der Waals surface area contributed by atoms with E-state index < -0.39 is 6.04 Å². The fourth-order valence-electron chi connectivity index (χ4n) is 3.88. The summed E-state index contributed by atoms with van der Waals surface area (Å²) >= 11 is 11.6. The maximum Gasteiger partial charge on any atom is 0.252 e. The first-order valence-corrected chi connectivity index (χ1v) is 11.6. The molecule has 0 saturated carbocycles. The summed E-state index contributed by atoms with van der Waals surface area (Å²) in [6.07, 6.45) is 0.512. The van der Waals surface area contributed by atoms with Crippen LogP contribution >= 0.6 is 23.8 Å². The van der Waals surface area contributed by atoms with Gasteiger partial charge in [0.1, 0.15) is 11.9 Å². The van der Waals surface area contributed by atoms with Gasteiger partial charge in [0.05, 0.1) is 13.0 Å². The van der Waals surface area contributed by atoms with Gasteiger partial charge in [-0.2, -0.15) is 0 Å². The highest BCUT2D eigenvalue weighted by Gasteiger charge is 2.43. The number of thiocarbonyl (C=S) groups is 1. The summed E-state index contributed by atoms with van der Waals surface area (Å²) in [5, 5.41) is 3.77. The molecule has 4 rings (SSSR count). The lowest BCUT2D eigenvalue weighted by molar-refractivity contribution is -0.131. The van der Waals surface area contributed by atoms with Gasteiger partial charge in [-0.1, -0.05) is 54.1 Å². The van der Waals surface area contributed by atoms with Gasteiger partial charge < -0.3 is 10.2 Å². The van der Waals surface area contributed by atoms with Gasteiger partial charge in [0.2, 0.25) is 5.91 Å². The molecule has 0 aromatic heterocycles. The van der Waals surface area contributed by atoms with Crippen molar-refractivity contribution in [3.05, 3.63) is 101 Å². The first-order valence-electron chi connectivity index (χ1n) is 10.9. The highest BCUT2D eigenvalue weighted by atomic mass is 35.5. The standard InChI is InChI=1S/C26H23ClFN3O2S/c27-20-8-12-22(13-9-20)29-24(32)16-23-25(33)31(17-19-4-2-1-3-5-19)26(34)30(23)15-14-18-6-10-21(28)11-7-18/h1-13,23H,14-17H2,(H,29,32)/t23-/m0/s1. The Morgan fingerprint density at radius 3 is 2.32 bits per heavy atom. The van der Waals surface area contributed by atoms with Gasteiger partial charge in [0.25, 0.3) is 5.91 Å². The quantitative estimate of drug-likeness (QED) is 0.444. The number of hydrogen-bond acceptors (Lipinski definition) is 3. The number of carbonyl (C=O) groups excluding carboxylic acids is 2. The number of nitrogens with zero attached hydrogens (tertiary/aromatic N) is 2. The molecule has 0 radical (unpaired) electrons. The van der Waals surface area contributed by atoms with Crippen molar-refractivity contribution in [1.29, 1.82) is 0 Å². The predicted octanol–water partition coefficient (Wildman–Crippen LogP) is 5.05. The zero-order chi connectivity index (χ0) is 24.1. The molecule has 34 heavy (non-hydrogen) atoms. The average molecular weight is 496 g/mol. The minimum absolute atomic E-state index is 0.0453. The third kappa shape index (κ3) is 5.79. The summed E-state index contributed by atoms with van der Waals surface area (Å²) in [7, 11) is 0. The lowest BCUT2D eigenvalue weighted by atomic mass is 10.1. The molecular formula is C26H23ClFN3O2S. The lowest BCUT2D eigenvalue weighted by Crippen LogP contribution is -2.39. The van der Waals surface area contributed by atoms with Crippen molar-refractivity contribution < 1.29 is 14.0 Å². The smallest absolute Gasteiger partial charge is 0.252 e. The number of hydrogen-bond donors (Lipinski definition) is 1. The maximum atomic E-state index is 13.4. The molecule has 0 aliphatic carbocycles. The van der Waals surface area contributed by atoms with Crippen LogP contribution in [0.1, 0.15) is 17.5 Å². The molecule has 1 saturated heterocycles. The van der Waals surface area contributed by atoms with Crippen LogP contribution in [0.25, 0.3) is 0 Å². The highest BCUT2D eigenvalue weighted by Crippen LogP contribution is 2.24. The lowest BCUT2D eigenvalue weighted by Gasteiger charge is -2.24. The molecule has 1 N–H and O–H groups in total. The number of anilines is 1. The number of carbonyl (C=O) groups is 2. The van der Waals surface area contributed by atoms with Crippen LogP contribution in [-0.4, -0.2) is 39.3 Å². The summed E-state index contributed by atoms with van der Waals surface area (Å²) in [6.45, 7) is 0.765. The summed E-state index contributed by atoms with van der Waals surface area (Å²) in [6, 6.07) is 21.9. The van der Waals surface area contributed by atoms with Crippen molar-refractivity contribution in [3.63, 3.8) is 0 Å². The van der Waals surface area contributed by atoms with E-state index in [4.69, 9.17) is 23.8 Å². The van der Waals surface area contributed by atoms with E-state index in [1.807, 2.05) is 30.3 Å². The van der Waals surface area contributed by atoms with Gasteiger partial charge in [0.15, 0.2) is 5.11 Å². The van der Waals surface area contributed by atoms with E-state index in [1.165, 1.54) is 12.1 Å². The Balaban J connectivity index is 1.50. The van der Waals surface area contributed by atoms with E-state index in [9.17, 15) is 14.0 Å². The van der Waals surface area contributed by atoms with E-state index in [1.54, 1.807) is 46.2 Å². The van der Waals surface area contributed by atoms with Crippen molar-refractivity contribution in [2.45, 2.75) is 25.4 Å². The van der Waals surface area contributed by atoms with E-state index >= 15 is 0 Å². The minimum atomic E-state index is -0.719. The first-order chi connectivity index (χ1) is 16.4. The van der Waals surface area contributed by atoms with Crippen LogP contribution in [0.4, 0.5) is 10.1 Å². The normalized spacial score (nSPS) is 15.6. The molecule has 0 spiro atoms. The van der Waals surface area contributed by atoms with Crippen LogP contribution in [0.5, 0.6) is 0 Å². The Bertz CT molecular complexity index is 1170. The molecule has 1 fully saturated rings. The van der Waals surface area contributed by atoms with Crippen molar-refractivity contribution >= 4 is 46.4 Å². The summed E-state index contributed by atoms with van der Waals surface area (Å²) in [4.78, 5) is 29.5. The second-order valence-corrected chi connectivity index (χ2v) is 8.84. The van der Waals surface area contributed by atoms with Crippen molar-refractivity contribution in [2.24, 2.45) is 0 Å². The summed E-state index contributed by atoms with van der Waals surface area (Å²) in [5.41, 5.74) is 2.46. The number of amides is 2. The zero-order valence-corrected chi connectivity index (χ0v) is 19.9. The Labute approximate surface area is 208 Å². The molecule has 1 heterocycles. The third-order valence-electron chi connectivity index (χ3n) is 5.65. The molecule has 2 amide bonds. The third-order valence-corrected chi connectivity index (χ3v) is 6.36. The number of nitrogens with one attached hydrogen (secondary N) is 1. The SMILES string of the molecule is O=C(C[C@H]1C(=O)N(Cc2ccccc2)C(=S)N1CCc1ccc(F)cc1)Nc1ccc(Cl)cc1. The van der Waals surface area contributed by atoms with Crippen LogP contribution in [-0.2, 0) is 22.6 Å². The fourth-order valence-corrected chi connectivity index (χ4v) is 4.38. The monoisotopic (exact) mass is 495 g/mol. The van der Waals surface area contributed by atoms with Crippen molar-refractivity contribution in [3.8, 4) is 0 Å². The average Bonchev–Trinajstić information content (AvgIpc) is 3.04. The Hall–Kier alpha value is -3.29. The van der Waals surface area contributed by atoms with Gasteiger partial charge in [-0.15, -0.1) is 0 Å². The Morgan fingerprint density at radius 1 is 0.971 bits per heavy atom. The van der Waals surface area contributed by atoms with E-state index in [0.717, 1.165) is 11.1 Å². The minimum Gasteiger partial charge on any atom is -0.336 e. The predicted molar refractivity (Wildman–Crippen MR) is 135 cm³/mol. The number of rotatable bonds is 8. The number of halogens is 2. The van der Waals surface area contributed by atoms with Crippen LogP contribution in [0.2, 0.25) is 5.02 Å². The molecule has 0 unspecified atom stereocenters. The van der Waals surface area contributed by atoms with E-state index in [-0.39, 0.29) is 24.1 Å². The highest BCUT2D eigenvalue weighted by molar-refractivity contribution is 7.80. The molecule has 1 aliphatic rings. The zero-order valence-electron chi connectivity index (χ0n) is 18.3. The topological polar surface area (TPSA) is 52.7 Å². The maximum absolute atomic E-state index is 13.4. The Kier molecular flexibility index (Phi) is 7.55. The second-order valence-electron chi connectivity index (χ2n) is 8.04. The molecule has 5 nitrogen and oxygen atoms in total. The van der Waals surface area contributed by atoms with Crippen LogP contribution in [0, 0.1) is 5.82 Å². The van der Waals surface area contributed by atoms with Gasteiger partial charge in [-0.3, -0.25) is 14.5 Å². The largest absolute Gasteiger partial charge is 0.336 e. The van der Waals surface area contributed by atoms with Crippen molar-refractivity contribution in [2.75, 3.05) is 11.9 Å².